The number of halogens is 2. The van der Waals surface area contributed by atoms with Gasteiger partial charge in [0.25, 0.3) is 0 Å². The van der Waals surface area contributed by atoms with E-state index >= 15 is 0 Å². The van der Waals surface area contributed by atoms with Gasteiger partial charge in [0.2, 0.25) is 0 Å². The lowest BCUT2D eigenvalue weighted by molar-refractivity contribution is 1.09. The first kappa shape index (κ1) is 25.9. The summed E-state index contributed by atoms with van der Waals surface area (Å²) in [5.74, 6) is 0. The van der Waals surface area contributed by atoms with Gasteiger partial charge in [0.05, 0.1) is 32.8 Å². The van der Waals surface area contributed by atoms with Gasteiger partial charge in [-0.1, -0.05) is 98.1 Å². The molecule has 6 heteroatoms. The molecule has 0 aromatic heterocycles. The maximum absolute atomic E-state index is 5.95. The van der Waals surface area contributed by atoms with E-state index in [2.05, 4.69) is 13.8 Å². The minimum atomic E-state index is 0.533. The van der Waals surface area contributed by atoms with E-state index in [-0.39, 0.29) is 0 Å². The predicted molar refractivity (Wildman–Crippen MR) is 147 cm³/mol. The normalized spacial score (nSPS) is 9.82. The van der Waals surface area contributed by atoms with Crippen LogP contribution < -0.4 is 22.9 Å². The van der Waals surface area contributed by atoms with Crippen LogP contribution in [0.1, 0.15) is 20.3 Å². The highest BCUT2D eigenvalue weighted by atomic mass is 35.5. The Labute approximate surface area is 206 Å². The van der Waals surface area contributed by atoms with E-state index in [9.17, 15) is 0 Å². The minimum absolute atomic E-state index is 0.533. The van der Waals surface area contributed by atoms with Gasteiger partial charge in [-0.15, -0.1) is 0 Å². The fourth-order valence-electron chi connectivity index (χ4n) is 2.87. The van der Waals surface area contributed by atoms with Crippen LogP contribution in [0.15, 0.2) is 84.9 Å². The van der Waals surface area contributed by atoms with Gasteiger partial charge in [0, 0.05) is 5.56 Å². The van der Waals surface area contributed by atoms with Crippen molar-refractivity contribution in [1.29, 1.82) is 0 Å². The van der Waals surface area contributed by atoms with Gasteiger partial charge in [0.1, 0.15) is 0 Å². The third kappa shape index (κ3) is 7.35. The molecule has 0 saturated carbocycles. The summed E-state index contributed by atoms with van der Waals surface area (Å²) in [5.41, 5.74) is 29.3. The van der Waals surface area contributed by atoms with E-state index in [1.807, 2.05) is 60.7 Å². The van der Waals surface area contributed by atoms with Crippen LogP contribution in [0.25, 0.3) is 22.3 Å². The molecule has 0 aliphatic heterocycles. The zero-order chi connectivity index (χ0) is 24.4. The molecule has 4 rings (SSSR count). The Bertz CT molecular complexity index is 1130. The highest BCUT2D eigenvalue weighted by molar-refractivity contribution is 6.34. The van der Waals surface area contributed by atoms with Crippen LogP contribution in [-0.2, 0) is 0 Å². The zero-order valence-electron chi connectivity index (χ0n) is 18.9. The average Bonchev–Trinajstić information content (AvgIpc) is 2.81. The van der Waals surface area contributed by atoms with Gasteiger partial charge >= 0.3 is 0 Å². The van der Waals surface area contributed by atoms with Gasteiger partial charge < -0.3 is 22.9 Å². The number of nitrogen functional groups attached to an aromatic ring is 4. The Morgan fingerprint density at radius 3 is 1.48 bits per heavy atom. The Balaban J connectivity index is 0.000000210. The lowest BCUT2D eigenvalue weighted by Crippen LogP contribution is -1.96. The number of rotatable bonds is 2. The van der Waals surface area contributed by atoms with Crippen molar-refractivity contribution in [2.45, 2.75) is 20.3 Å². The molecule has 0 unspecified atom stereocenters. The van der Waals surface area contributed by atoms with Crippen LogP contribution in [0.2, 0.25) is 10.0 Å². The van der Waals surface area contributed by atoms with E-state index in [0.717, 1.165) is 22.3 Å². The Morgan fingerprint density at radius 1 is 0.545 bits per heavy atom. The molecule has 0 amide bonds. The van der Waals surface area contributed by atoms with Crippen LogP contribution in [0.4, 0.5) is 22.7 Å². The second-order valence-corrected chi connectivity index (χ2v) is 8.17. The van der Waals surface area contributed by atoms with Crippen molar-refractivity contribution < 1.29 is 0 Å². The van der Waals surface area contributed by atoms with Crippen molar-refractivity contribution in [3.8, 4) is 22.3 Å². The van der Waals surface area contributed by atoms with Gasteiger partial charge in [-0.3, -0.25) is 0 Å². The number of hydrogen-bond donors (Lipinski definition) is 4. The van der Waals surface area contributed by atoms with Crippen molar-refractivity contribution in [2.24, 2.45) is 0 Å². The summed E-state index contributed by atoms with van der Waals surface area (Å²) >= 11 is 11.9. The van der Waals surface area contributed by atoms with Crippen molar-refractivity contribution in [3.63, 3.8) is 0 Å². The molecule has 0 aliphatic rings. The van der Waals surface area contributed by atoms with Crippen molar-refractivity contribution in [3.05, 3.63) is 95.0 Å². The fourth-order valence-corrected chi connectivity index (χ4v) is 3.23. The smallest absolute Gasteiger partial charge is 0.0641 e. The minimum Gasteiger partial charge on any atom is -0.398 e. The second-order valence-electron chi connectivity index (χ2n) is 7.35. The Morgan fingerprint density at radius 2 is 1.03 bits per heavy atom. The molecule has 172 valence electrons. The van der Waals surface area contributed by atoms with E-state index in [1.165, 1.54) is 6.42 Å². The lowest BCUT2D eigenvalue weighted by atomic mass is 10.0. The number of benzene rings is 4. The molecule has 0 fully saturated rings. The van der Waals surface area contributed by atoms with Crippen LogP contribution in [-0.4, -0.2) is 0 Å². The highest BCUT2D eigenvalue weighted by Gasteiger charge is 2.04. The first-order valence-electron chi connectivity index (χ1n) is 10.6. The second kappa shape index (κ2) is 12.6. The molecule has 33 heavy (non-hydrogen) atoms. The summed E-state index contributed by atoms with van der Waals surface area (Å²) in [7, 11) is 0. The molecule has 0 radical (unpaired) electrons. The summed E-state index contributed by atoms with van der Waals surface area (Å²) in [6, 6.07) is 26.6. The van der Waals surface area contributed by atoms with E-state index < -0.39 is 0 Å². The summed E-state index contributed by atoms with van der Waals surface area (Å²) in [6.45, 7) is 4.25. The van der Waals surface area contributed by atoms with Crippen molar-refractivity contribution in [2.75, 3.05) is 22.9 Å². The van der Waals surface area contributed by atoms with Crippen LogP contribution in [0.3, 0.4) is 0 Å². The molecular weight excluding hydrogens is 451 g/mol. The molecule has 8 N–H and O–H groups in total. The predicted octanol–water partition coefficient (Wildman–Crippen LogP) is 7.76. The van der Waals surface area contributed by atoms with Gasteiger partial charge in [-0.05, 0) is 47.0 Å². The largest absolute Gasteiger partial charge is 0.398 e. The topological polar surface area (TPSA) is 104 Å². The SMILES string of the molecule is CCC.Nc1ccc(-c2ccc(N)c(Cl)c2)cc1Cl.Nc1cccc(-c2ccccc2)c1N. The van der Waals surface area contributed by atoms with Gasteiger partial charge in [-0.25, -0.2) is 0 Å². The first-order chi connectivity index (χ1) is 15.8. The maximum Gasteiger partial charge on any atom is 0.0641 e. The Kier molecular flexibility index (Phi) is 9.92. The molecule has 4 nitrogen and oxygen atoms in total. The van der Waals surface area contributed by atoms with E-state index in [1.54, 1.807) is 24.3 Å². The van der Waals surface area contributed by atoms with Crippen molar-refractivity contribution >= 4 is 46.0 Å². The highest BCUT2D eigenvalue weighted by Crippen LogP contribution is 2.31. The van der Waals surface area contributed by atoms with Gasteiger partial charge in [-0.2, -0.15) is 0 Å². The van der Waals surface area contributed by atoms with E-state index in [0.29, 0.717) is 32.8 Å². The number of anilines is 4. The molecule has 0 bridgehead atoms. The third-order valence-corrected chi connectivity index (χ3v) is 5.21. The number of nitrogens with two attached hydrogens (primary N) is 4. The molecule has 4 aromatic rings. The summed E-state index contributed by atoms with van der Waals surface area (Å²) in [4.78, 5) is 0. The lowest BCUT2D eigenvalue weighted by Gasteiger charge is -2.07. The molecule has 0 atom stereocenters. The molecule has 0 aliphatic carbocycles. The van der Waals surface area contributed by atoms with Crippen LogP contribution in [0, 0.1) is 0 Å². The van der Waals surface area contributed by atoms with Crippen LogP contribution >= 0.6 is 23.2 Å². The van der Waals surface area contributed by atoms with Crippen LogP contribution in [0.5, 0.6) is 0 Å². The summed E-state index contributed by atoms with van der Waals surface area (Å²) in [6.07, 6.45) is 1.25. The molecular formula is C27H30Cl2N4. The standard InChI is InChI=1S/C12H10Cl2N2.C12H12N2.C3H8/c13-9-5-7(1-3-11(9)15)8-2-4-12(16)10(14)6-8;13-11-8-4-7-10(12(11)14)9-5-2-1-3-6-9;1-3-2/h1-6H,15-16H2;1-8H,13-14H2;3H2,1-2H3. The fraction of sp³-hybridized carbons (Fsp3) is 0.111. The average molecular weight is 481 g/mol. The van der Waals surface area contributed by atoms with E-state index in [4.69, 9.17) is 46.1 Å². The zero-order valence-corrected chi connectivity index (χ0v) is 20.4. The summed E-state index contributed by atoms with van der Waals surface area (Å²) < 4.78 is 0. The van der Waals surface area contributed by atoms with Crippen molar-refractivity contribution in [1.82, 2.24) is 0 Å². The van der Waals surface area contributed by atoms with Gasteiger partial charge in [0.15, 0.2) is 0 Å². The quantitative estimate of drug-likeness (QED) is 0.220. The number of hydrogen-bond acceptors (Lipinski definition) is 4. The summed E-state index contributed by atoms with van der Waals surface area (Å²) in [5, 5.41) is 1.07. The maximum atomic E-state index is 5.95. The molecule has 4 aromatic carbocycles. The molecule has 0 spiro atoms. The molecule has 0 saturated heterocycles. The monoisotopic (exact) mass is 480 g/mol. The Hall–Kier alpha value is -3.34. The third-order valence-electron chi connectivity index (χ3n) is 4.56. The number of para-hydroxylation sites is 1. The first-order valence-corrected chi connectivity index (χ1v) is 11.3. The molecule has 0 heterocycles.